The number of ether oxygens (including phenoxy) is 1. The molecule has 5 nitrogen and oxygen atoms in total. The number of hydrogen-bond donors (Lipinski definition) is 1. The number of hydrogen-bond acceptors (Lipinski definition) is 5. The van der Waals surface area contributed by atoms with Crippen LogP contribution in [-0.4, -0.2) is 24.0 Å². The fraction of sp³-hybridized carbons (Fsp3) is 0.185. The molecule has 166 valence electrons. The van der Waals surface area contributed by atoms with Crippen LogP contribution in [0.15, 0.2) is 88.5 Å². The normalized spacial score (nSPS) is 16.2. The van der Waals surface area contributed by atoms with E-state index in [1.807, 2.05) is 48.5 Å². The lowest BCUT2D eigenvalue weighted by atomic mass is 9.97. The molecule has 1 atom stereocenters. The van der Waals surface area contributed by atoms with E-state index in [9.17, 15) is 9.59 Å². The summed E-state index contributed by atoms with van der Waals surface area (Å²) in [7, 11) is 0. The summed E-state index contributed by atoms with van der Waals surface area (Å²) >= 11 is 6.20. The van der Waals surface area contributed by atoms with Crippen molar-refractivity contribution in [1.29, 1.82) is 0 Å². The van der Waals surface area contributed by atoms with Crippen molar-refractivity contribution in [3.8, 4) is 22.6 Å². The summed E-state index contributed by atoms with van der Waals surface area (Å²) in [5, 5.41) is 3.84. The van der Waals surface area contributed by atoms with E-state index in [0.717, 1.165) is 26.1 Å². The molecule has 1 heterocycles. The zero-order chi connectivity index (χ0) is 22.8. The fourth-order valence-corrected chi connectivity index (χ4v) is 4.49. The van der Waals surface area contributed by atoms with Crippen LogP contribution in [0.3, 0.4) is 0 Å². The maximum absolute atomic E-state index is 12.6. The van der Waals surface area contributed by atoms with E-state index in [0.29, 0.717) is 33.3 Å². The SMILES string of the molecule is O=c1c(NC2CCN(Cc3ccccc3)C2)c(-c2ccc(Cl)cc2Oc2ccccc2)c1=O. The number of rotatable bonds is 7. The second-order valence-electron chi connectivity index (χ2n) is 8.31. The molecule has 0 aliphatic carbocycles. The number of benzene rings is 3. The molecular weight excluding hydrogens is 436 g/mol. The first-order chi connectivity index (χ1) is 16.1. The van der Waals surface area contributed by atoms with Gasteiger partial charge in [-0.15, -0.1) is 0 Å². The van der Waals surface area contributed by atoms with Crippen molar-refractivity contribution in [3.05, 3.63) is 110 Å². The summed E-state index contributed by atoms with van der Waals surface area (Å²) < 4.78 is 6.01. The number of para-hydroxylation sites is 1. The highest BCUT2D eigenvalue weighted by atomic mass is 35.5. The van der Waals surface area contributed by atoms with E-state index in [-0.39, 0.29) is 6.04 Å². The van der Waals surface area contributed by atoms with Gasteiger partial charge in [-0.3, -0.25) is 14.5 Å². The number of nitrogens with zero attached hydrogens (tertiary/aromatic N) is 1. The van der Waals surface area contributed by atoms with Gasteiger partial charge in [-0.05, 0) is 36.2 Å². The molecule has 1 aliphatic rings. The molecule has 1 N–H and O–H groups in total. The number of nitrogens with one attached hydrogen (secondary N) is 1. The molecule has 0 bridgehead atoms. The molecule has 0 aromatic heterocycles. The van der Waals surface area contributed by atoms with Crippen LogP contribution in [0.4, 0.5) is 5.69 Å². The van der Waals surface area contributed by atoms with Crippen LogP contribution in [0, 0.1) is 0 Å². The molecule has 5 rings (SSSR count). The number of anilines is 1. The summed E-state index contributed by atoms with van der Waals surface area (Å²) in [4.78, 5) is 27.4. The Morgan fingerprint density at radius 2 is 1.67 bits per heavy atom. The van der Waals surface area contributed by atoms with Crippen LogP contribution in [0.25, 0.3) is 11.1 Å². The summed E-state index contributed by atoms with van der Waals surface area (Å²) in [6.45, 7) is 2.60. The molecule has 1 fully saturated rings. The first kappa shape index (κ1) is 21.4. The Morgan fingerprint density at radius 3 is 2.42 bits per heavy atom. The van der Waals surface area contributed by atoms with E-state index < -0.39 is 10.9 Å². The quantitative estimate of drug-likeness (QED) is 0.391. The number of halogens is 1. The Hall–Kier alpha value is -3.41. The third-order valence-corrected chi connectivity index (χ3v) is 6.20. The Labute approximate surface area is 196 Å². The van der Waals surface area contributed by atoms with Crippen molar-refractivity contribution in [2.45, 2.75) is 19.0 Å². The highest BCUT2D eigenvalue weighted by Crippen LogP contribution is 2.37. The summed E-state index contributed by atoms with van der Waals surface area (Å²) in [6.07, 6.45) is 0.902. The first-order valence-corrected chi connectivity index (χ1v) is 11.4. The largest absolute Gasteiger partial charge is 0.457 e. The second kappa shape index (κ2) is 9.22. The van der Waals surface area contributed by atoms with Crippen LogP contribution in [0.1, 0.15) is 12.0 Å². The second-order valence-corrected chi connectivity index (χ2v) is 8.75. The third-order valence-electron chi connectivity index (χ3n) is 5.96. The Morgan fingerprint density at radius 1 is 0.939 bits per heavy atom. The van der Waals surface area contributed by atoms with E-state index in [4.69, 9.17) is 16.3 Å². The molecule has 4 aromatic carbocycles. The lowest BCUT2D eigenvalue weighted by Crippen LogP contribution is -2.39. The average Bonchev–Trinajstić information content (AvgIpc) is 3.28. The summed E-state index contributed by atoms with van der Waals surface area (Å²) in [5.41, 5.74) is 1.58. The summed E-state index contributed by atoms with van der Waals surface area (Å²) in [6, 6.07) is 24.8. The molecule has 0 saturated carbocycles. The van der Waals surface area contributed by atoms with Crippen molar-refractivity contribution >= 4 is 17.3 Å². The van der Waals surface area contributed by atoms with Gasteiger partial charge < -0.3 is 10.1 Å². The molecule has 4 aromatic rings. The van der Waals surface area contributed by atoms with E-state index in [1.165, 1.54) is 5.56 Å². The van der Waals surface area contributed by atoms with Crippen molar-refractivity contribution in [3.63, 3.8) is 0 Å². The summed E-state index contributed by atoms with van der Waals surface area (Å²) in [5.74, 6) is 1.07. The molecule has 0 amide bonds. The standard InChI is InChI=1S/C27H23ClN2O3/c28-19-11-12-22(23(15-19)33-21-9-5-2-6-10-21)24-25(27(32)26(24)31)29-20-13-14-30(17-20)16-18-7-3-1-4-8-18/h1-12,15,20,29H,13-14,16-17H2. The molecule has 0 spiro atoms. The fourth-order valence-electron chi connectivity index (χ4n) is 4.33. The van der Waals surface area contributed by atoms with Crippen molar-refractivity contribution < 1.29 is 4.74 Å². The molecule has 1 saturated heterocycles. The minimum absolute atomic E-state index is 0.0987. The van der Waals surface area contributed by atoms with Gasteiger partial charge in [-0.2, -0.15) is 0 Å². The van der Waals surface area contributed by atoms with Gasteiger partial charge in [0.2, 0.25) is 10.9 Å². The zero-order valence-electron chi connectivity index (χ0n) is 18.0. The Kier molecular flexibility index (Phi) is 5.99. The lowest BCUT2D eigenvalue weighted by Gasteiger charge is -2.21. The average molecular weight is 459 g/mol. The van der Waals surface area contributed by atoms with Gasteiger partial charge >= 0.3 is 0 Å². The zero-order valence-corrected chi connectivity index (χ0v) is 18.7. The van der Waals surface area contributed by atoms with Crippen LogP contribution >= 0.6 is 11.6 Å². The van der Waals surface area contributed by atoms with Gasteiger partial charge in [0, 0.05) is 42.3 Å². The smallest absolute Gasteiger partial charge is 0.250 e. The van der Waals surface area contributed by atoms with E-state index >= 15 is 0 Å². The molecule has 1 unspecified atom stereocenters. The highest BCUT2D eigenvalue weighted by Gasteiger charge is 2.29. The molecule has 33 heavy (non-hydrogen) atoms. The molecule has 0 radical (unpaired) electrons. The minimum Gasteiger partial charge on any atom is -0.457 e. The lowest BCUT2D eigenvalue weighted by molar-refractivity contribution is 0.328. The predicted molar refractivity (Wildman–Crippen MR) is 132 cm³/mol. The topological polar surface area (TPSA) is 58.6 Å². The maximum atomic E-state index is 12.6. The Bertz CT molecular complexity index is 1330. The van der Waals surface area contributed by atoms with E-state index in [2.05, 4.69) is 22.3 Å². The third kappa shape index (κ3) is 4.56. The predicted octanol–water partition coefficient (Wildman–Crippen LogP) is 5.08. The van der Waals surface area contributed by atoms with E-state index in [1.54, 1.807) is 18.2 Å². The van der Waals surface area contributed by atoms with Crippen LogP contribution in [0.2, 0.25) is 5.02 Å². The van der Waals surface area contributed by atoms with Gasteiger partial charge in [0.25, 0.3) is 0 Å². The van der Waals surface area contributed by atoms with Gasteiger partial charge in [-0.25, -0.2) is 0 Å². The van der Waals surface area contributed by atoms with Gasteiger partial charge in [-0.1, -0.05) is 60.1 Å². The molecular formula is C27H23ClN2O3. The van der Waals surface area contributed by atoms with Gasteiger partial charge in [0.15, 0.2) is 0 Å². The highest BCUT2D eigenvalue weighted by molar-refractivity contribution is 6.30. The Balaban J connectivity index is 1.37. The van der Waals surface area contributed by atoms with Gasteiger partial charge in [0.1, 0.15) is 11.5 Å². The van der Waals surface area contributed by atoms with Crippen molar-refractivity contribution in [2.24, 2.45) is 0 Å². The monoisotopic (exact) mass is 458 g/mol. The maximum Gasteiger partial charge on any atom is 0.250 e. The molecule has 1 aliphatic heterocycles. The molecule has 6 heteroatoms. The number of likely N-dealkylation sites (tertiary alicyclic amines) is 1. The van der Waals surface area contributed by atoms with Crippen LogP contribution in [-0.2, 0) is 6.54 Å². The van der Waals surface area contributed by atoms with Crippen molar-refractivity contribution in [2.75, 3.05) is 18.4 Å². The van der Waals surface area contributed by atoms with Crippen LogP contribution in [0.5, 0.6) is 11.5 Å². The van der Waals surface area contributed by atoms with Gasteiger partial charge in [0.05, 0.1) is 11.3 Å². The first-order valence-electron chi connectivity index (χ1n) is 11.0. The van der Waals surface area contributed by atoms with Crippen LogP contribution < -0.4 is 20.9 Å². The minimum atomic E-state index is -0.503. The van der Waals surface area contributed by atoms with Crippen molar-refractivity contribution in [1.82, 2.24) is 4.90 Å².